The standard InChI is InChI=1S/C9H6BrNO3S/c1-4-7(9(12)13)8(14-11-4)5-2-3-6(10)15-5/h2-3H,1H3,(H,12,13). The minimum absolute atomic E-state index is 0.129. The molecule has 0 aliphatic rings. The summed E-state index contributed by atoms with van der Waals surface area (Å²) in [7, 11) is 0. The Kier molecular flexibility index (Phi) is 2.62. The predicted molar refractivity (Wildman–Crippen MR) is 59.2 cm³/mol. The van der Waals surface area contributed by atoms with Crippen LogP contribution in [-0.4, -0.2) is 16.2 Å². The zero-order valence-corrected chi connectivity index (χ0v) is 10.1. The first-order chi connectivity index (χ1) is 7.09. The number of aryl methyl sites for hydroxylation is 1. The molecule has 0 aromatic carbocycles. The van der Waals surface area contributed by atoms with Crippen LogP contribution in [-0.2, 0) is 0 Å². The van der Waals surface area contributed by atoms with Gasteiger partial charge in [0.25, 0.3) is 0 Å². The molecule has 0 aliphatic heterocycles. The van der Waals surface area contributed by atoms with Crippen LogP contribution in [0, 0.1) is 6.92 Å². The molecule has 0 amide bonds. The first kappa shape index (κ1) is 10.4. The lowest BCUT2D eigenvalue weighted by Gasteiger charge is -1.92. The van der Waals surface area contributed by atoms with Gasteiger partial charge in [0.2, 0.25) is 0 Å². The largest absolute Gasteiger partial charge is 0.477 e. The van der Waals surface area contributed by atoms with E-state index in [2.05, 4.69) is 21.1 Å². The summed E-state index contributed by atoms with van der Waals surface area (Å²) in [5.41, 5.74) is 0.520. The van der Waals surface area contributed by atoms with Gasteiger partial charge in [-0.2, -0.15) is 0 Å². The number of aromatic nitrogens is 1. The highest BCUT2D eigenvalue weighted by Gasteiger charge is 2.21. The number of halogens is 1. The topological polar surface area (TPSA) is 63.3 Å². The van der Waals surface area contributed by atoms with E-state index in [1.807, 2.05) is 6.07 Å². The summed E-state index contributed by atoms with van der Waals surface area (Å²) in [6.45, 7) is 1.61. The maximum atomic E-state index is 11.0. The van der Waals surface area contributed by atoms with Crippen molar-refractivity contribution in [3.05, 3.63) is 27.2 Å². The minimum atomic E-state index is -1.02. The third kappa shape index (κ3) is 1.82. The van der Waals surface area contributed by atoms with E-state index in [0.717, 1.165) is 8.66 Å². The van der Waals surface area contributed by atoms with Crippen LogP contribution in [0.3, 0.4) is 0 Å². The number of thiophene rings is 1. The first-order valence-electron chi connectivity index (χ1n) is 4.05. The second-order valence-corrected chi connectivity index (χ2v) is 5.34. The van der Waals surface area contributed by atoms with Gasteiger partial charge >= 0.3 is 5.97 Å². The molecule has 1 N–H and O–H groups in total. The molecule has 6 heteroatoms. The molecular formula is C9H6BrNO3S. The monoisotopic (exact) mass is 287 g/mol. The van der Waals surface area contributed by atoms with Gasteiger partial charge < -0.3 is 9.63 Å². The van der Waals surface area contributed by atoms with Gasteiger partial charge in [-0.3, -0.25) is 0 Å². The molecule has 2 aromatic rings. The van der Waals surface area contributed by atoms with Crippen LogP contribution in [0.25, 0.3) is 10.6 Å². The van der Waals surface area contributed by atoms with Crippen molar-refractivity contribution in [1.82, 2.24) is 5.16 Å². The van der Waals surface area contributed by atoms with Crippen LogP contribution in [0.5, 0.6) is 0 Å². The number of carboxylic acids is 1. The van der Waals surface area contributed by atoms with Crippen molar-refractivity contribution in [2.45, 2.75) is 6.92 Å². The first-order valence-corrected chi connectivity index (χ1v) is 5.66. The highest BCUT2D eigenvalue weighted by atomic mass is 79.9. The Labute approximate surface area is 97.6 Å². The number of carbonyl (C=O) groups is 1. The fourth-order valence-corrected chi connectivity index (χ4v) is 2.60. The predicted octanol–water partition coefficient (Wildman–Crippen LogP) is 3.17. The van der Waals surface area contributed by atoms with E-state index in [9.17, 15) is 4.79 Å². The zero-order chi connectivity index (χ0) is 11.0. The van der Waals surface area contributed by atoms with E-state index >= 15 is 0 Å². The van der Waals surface area contributed by atoms with Gasteiger partial charge in [-0.05, 0) is 35.0 Å². The van der Waals surface area contributed by atoms with Gasteiger partial charge in [0.15, 0.2) is 5.76 Å². The molecule has 0 saturated heterocycles. The van der Waals surface area contributed by atoms with E-state index in [4.69, 9.17) is 9.63 Å². The summed E-state index contributed by atoms with van der Waals surface area (Å²) in [6.07, 6.45) is 0. The van der Waals surface area contributed by atoms with Crippen molar-refractivity contribution in [2.24, 2.45) is 0 Å². The Balaban J connectivity index is 2.58. The molecule has 0 saturated carbocycles. The molecule has 0 radical (unpaired) electrons. The highest BCUT2D eigenvalue weighted by molar-refractivity contribution is 9.11. The number of rotatable bonds is 2. The highest BCUT2D eigenvalue weighted by Crippen LogP contribution is 2.34. The molecule has 2 heterocycles. The van der Waals surface area contributed by atoms with Crippen LogP contribution < -0.4 is 0 Å². The Morgan fingerprint density at radius 3 is 2.87 bits per heavy atom. The van der Waals surface area contributed by atoms with Gasteiger partial charge in [-0.15, -0.1) is 11.3 Å². The van der Waals surface area contributed by atoms with Crippen LogP contribution in [0.15, 0.2) is 20.4 Å². The molecule has 4 nitrogen and oxygen atoms in total. The second kappa shape index (κ2) is 3.79. The number of hydrogen-bond acceptors (Lipinski definition) is 4. The van der Waals surface area contributed by atoms with E-state index in [0.29, 0.717) is 11.5 Å². The van der Waals surface area contributed by atoms with E-state index in [1.54, 1.807) is 13.0 Å². The molecule has 0 unspecified atom stereocenters. The minimum Gasteiger partial charge on any atom is -0.477 e. The molecule has 2 aromatic heterocycles. The Morgan fingerprint density at radius 1 is 1.60 bits per heavy atom. The summed E-state index contributed by atoms with van der Waals surface area (Å²) >= 11 is 4.71. The van der Waals surface area contributed by atoms with Gasteiger partial charge in [-0.25, -0.2) is 4.79 Å². The van der Waals surface area contributed by atoms with E-state index < -0.39 is 5.97 Å². The molecule has 0 fully saturated rings. The molecular weight excluding hydrogens is 282 g/mol. The third-order valence-electron chi connectivity index (χ3n) is 1.87. The summed E-state index contributed by atoms with van der Waals surface area (Å²) < 4.78 is 5.93. The maximum Gasteiger partial charge on any atom is 0.341 e. The smallest absolute Gasteiger partial charge is 0.341 e. The number of nitrogens with zero attached hydrogens (tertiary/aromatic N) is 1. The fourth-order valence-electron chi connectivity index (χ4n) is 1.23. The molecule has 15 heavy (non-hydrogen) atoms. The summed E-state index contributed by atoms with van der Waals surface area (Å²) in [5.74, 6) is -0.705. The van der Waals surface area contributed by atoms with Crippen LogP contribution >= 0.6 is 27.3 Å². The second-order valence-electron chi connectivity index (χ2n) is 2.88. The summed E-state index contributed by atoms with van der Waals surface area (Å²) in [5, 5.41) is 12.7. The van der Waals surface area contributed by atoms with Gasteiger partial charge in [0.05, 0.1) is 14.4 Å². The van der Waals surface area contributed by atoms with Gasteiger partial charge in [0.1, 0.15) is 5.56 Å². The Morgan fingerprint density at radius 2 is 2.33 bits per heavy atom. The van der Waals surface area contributed by atoms with Crippen molar-refractivity contribution in [2.75, 3.05) is 0 Å². The molecule has 0 bridgehead atoms. The van der Waals surface area contributed by atoms with Crippen molar-refractivity contribution in [3.8, 4) is 10.6 Å². The van der Waals surface area contributed by atoms with Crippen molar-refractivity contribution >= 4 is 33.2 Å². The lowest BCUT2D eigenvalue weighted by molar-refractivity contribution is 0.0696. The normalized spacial score (nSPS) is 10.5. The van der Waals surface area contributed by atoms with Crippen LogP contribution in [0.4, 0.5) is 0 Å². The average molecular weight is 288 g/mol. The molecule has 0 aliphatic carbocycles. The van der Waals surface area contributed by atoms with E-state index in [-0.39, 0.29) is 5.56 Å². The lowest BCUT2D eigenvalue weighted by atomic mass is 10.2. The Hall–Kier alpha value is -1.14. The number of hydrogen-bond donors (Lipinski definition) is 1. The molecule has 0 atom stereocenters. The zero-order valence-electron chi connectivity index (χ0n) is 7.65. The molecule has 78 valence electrons. The maximum absolute atomic E-state index is 11.0. The fraction of sp³-hybridized carbons (Fsp3) is 0.111. The number of carboxylic acid groups (broad SMARTS) is 1. The van der Waals surface area contributed by atoms with Gasteiger partial charge in [0, 0.05) is 0 Å². The summed E-state index contributed by atoms with van der Waals surface area (Å²) in [4.78, 5) is 11.7. The Bertz CT molecular complexity index is 517. The summed E-state index contributed by atoms with van der Waals surface area (Å²) in [6, 6.07) is 3.63. The van der Waals surface area contributed by atoms with Crippen LogP contribution in [0.1, 0.15) is 16.1 Å². The van der Waals surface area contributed by atoms with Crippen LogP contribution in [0.2, 0.25) is 0 Å². The van der Waals surface area contributed by atoms with E-state index in [1.165, 1.54) is 11.3 Å². The molecule has 0 spiro atoms. The lowest BCUT2D eigenvalue weighted by Crippen LogP contribution is -1.98. The number of aromatic carboxylic acids is 1. The average Bonchev–Trinajstić information content (AvgIpc) is 2.71. The third-order valence-corrected chi connectivity index (χ3v) is 3.50. The molecule has 2 rings (SSSR count). The van der Waals surface area contributed by atoms with Crippen molar-refractivity contribution in [3.63, 3.8) is 0 Å². The SMILES string of the molecule is Cc1noc(-c2ccc(Br)s2)c1C(=O)O. The van der Waals surface area contributed by atoms with Crippen molar-refractivity contribution < 1.29 is 14.4 Å². The quantitative estimate of drug-likeness (QED) is 0.921. The van der Waals surface area contributed by atoms with Crippen molar-refractivity contribution in [1.29, 1.82) is 0 Å². The van der Waals surface area contributed by atoms with Gasteiger partial charge in [-0.1, -0.05) is 5.16 Å².